The van der Waals surface area contributed by atoms with Gasteiger partial charge in [0.25, 0.3) is 0 Å². The van der Waals surface area contributed by atoms with Crippen LogP contribution in [0.2, 0.25) is 0 Å². The van der Waals surface area contributed by atoms with E-state index in [4.69, 9.17) is 13.9 Å². The Kier molecular flexibility index (Phi) is 6.68. The van der Waals surface area contributed by atoms with Gasteiger partial charge in [-0.15, -0.1) is 0 Å². The van der Waals surface area contributed by atoms with Crippen LogP contribution in [-0.2, 0) is 11.2 Å². The van der Waals surface area contributed by atoms with Crippen LogP contribution in [0.25, 0.3) is 11.0 Å². The first kappa shape index (κ1) is 21.4. The maximum absolute atomic E-state index is 11.5. The van der Waals surface area contributed by atoms with Gasteiger partial charge < -0.3 is 39.4 Å². The van der Waals surface area contributed by atoms with Gasteiger partial charge in [-0.25, -0.2) is 4.79 Å². The first-order valence-corrected chi connectivity index (χ1v) is 9.14. The van der Waals surface area contributed by atoms with E-state index in [0.717, 1.165) is 5.57 Å². The smallest absolute Gasteiger partial charge is 0.336 e. The lowest BCUT2D eigenvalue weighted by atomic mass is 9.99. The highest BCUT2D eigenvalue weighted by molar-refractivity contribution is 5.79. The molecule has 29 heavy (non-hydrogen) atoms. The number of hydrogen-bond acceptors (Lipinski definition) is 9. The maximum Gasteiger partial charge on any atom is 0.336 e. The van der Waals surface area contributed by atoms with E-state index in [1.54, 1.807) is 25.1 Å². The zero-order chi connectivity index (χ0) is 21.1. The number of ether oxygens (including phenoxy) is 2. The summed E-state index contributed by atoms with van der Waals surface area (Å²) in [5.74, 6) is 0.221. The zero-order valence-corrected chi connectivity index (χ0v) is 15.8. The maximum atomic E-state index is 11.5. The van der Waals surface area contributed by atoms with E-state index in [1.165, 1.54) is 12.1 Å². The second-order valence-electron chi connectivity index (χ2n) is 6.98. The van der Waals surface area contributed by atoms with Crippen LogP contribution in [0.15, 0.2) is 45.1 Å². The summed E-state index contributed by atoms with van der Waals surface area (Å²) in [6, 6.07) is 6.10. The molecule has 2 heterocycles. The highest BCUT2D eigenvalue weighted by Gasteiger charge is 2.44. The minimum Gasteiger partial charge on any atom is -0.462 e. The number of fused-ring (bicyclic) bond motifs is 1. The Morgan fingerprint density at radius 2 is 1.90 bits per heavy atom. The molecule has 1 aromatic heterocycles. The number of rotatable bonds is 6. The standard InChI is InChI=1S/C20H24O9/c1-10(8-21)2-3-11-6-12-4-5-16(23)27-13(12)7-14(11)28-20-19(26)18(25)17(24)15(9-22)29-20/h2,4-7,15,17-22,24-26H,3,8-9H2,1H3. The molecule has 5 atom stereocenters. The van der Waals surface area contributed by atoms with Gasteiger partial charge in [-0.05, 0) is 31.0 Å². The number of allylic oxidation sites excluding steroid dienone is 1. The fourth-order valence-corrected chi connectivity index (χ4v) is 3.05. The molecular formula is C20H24O9. The molecule has 9 nitrogen and oxygen atoms in total. The highest BCUT2D eigenvalue weighted by Crippen LogP contribution is 2.30. The predicted octanol–water partition coefficient (Wildman–Crippen LogP) is -0.547. The molecule has 0 amide bonds. The van der Waals surface area contributed by atoms with Crippen molar-refractivity contribution in [2.45, 2.75) is 44.1 Å². The Balaban J connectivity index is 1.98. The van der Waals surface area contributed by atoms with E-state index in [-0.39, 0.29) is 17.9 Å². The normalized spacial score (nSPS) is 27.9. The summed E-state index contributed by atoms with van der Waals surface area (Å²) in [6.45, 7) is 1.08. The van der Waals surface area contributed by atoms with Crippen molar-refractivity contribution in [3.8, 4) is 5.75 Å². The number of aliphatic hydroxyl groups is 5. The van der Waals surface area contributed by atoms with E-state index in [1.807, 2.05) is 0 Å². The minimum atomic E-state index is -1.58. The third-order valence-corrected chi connectivity index (χ3v) is 4.81. The molecule has 1 aliphatic rings. The Morgan fingerprint density at radius 1 is 1.14 bits per heavy atom. The van der Waals surface area contributed by atoms with Crippen molar-refractivity contribution in [1.29, 1.82) is 0 Å². The molecular weight excluding hydrogens is 384 g/mol. The number of aliphatic hydroxyl groups excluding tert-OH is 5. The quantitative estimate of drug-likeness (QED) is 0.313. The molecule has 0 saturated carbocycles. The van der Waals surface area contributed by atoms with Gasteiger partial charge in [0, 0.05) is 17.5 Å². The average Bonchev–Trinajstić information content (AvgIpc) is 2.72. The Morgan fingerprint density at radius 3 is 2.59 bits per heavy atom. The van der Waals surface area contributed by atoms with Crippen LogP contribution in [-0.4, -0.2) is 69.5 Å². The van der Waals surface area contributed by atoms with Crippen LogP contribution < -0.4 is 10.4 Å². The number of hydrogen-bond donors (Lipinski definition) is 5. The van der Waals surface area contributed by atoms with E-state index in [0.29, 0.717) is 17.4 Å². The molecule has 5 unspecified atom stereocenters. The topological polar surface area (TPSA) is 150 Å². The molecule has 0 aliphatic carbocycles. The fraction of sp³-hybridized carbons (Fsp3) is 0.450. The van der Waals surface area contributed by atoms with Crippen molar-refractivity contribution in [3.05, 3.63) is 51.9 Å². The van der Waals surface area contributed by atoms with Crippen LogP contribution in [0.1, 0.15) is 12.5 Å². The SMILES string of the molecule is CC(=CCc1cc2ccc(=O)oc2cc1OC1OC(CO)C(O)C(O)C1O)CO. The van der Waals surface area contributed by atoms with Gasteiger partial charge >= 0.3 is 5.63 Å². The summed E-state index contributed by atoms with van der Waals surface area (Å²) in [7, 11) is 0. The summed E-state index contributed by atoms with van der Waals surface area (Å²) in [6.07, 6.45) is -4.98. The first-order chi connectivity index (χ1) is 13.8. The predicted molar refractivity (Wildman–Crippen MR) is 101 cm³/mol. The van der Waals surface area contributed by atoms with Gasteiger partial charge in [0.15, 0.2) is 0 Å². The van der Waals surface area contributed by atoms with Crippen molar-refractivity contribution in [3.63, 3.8) is 0 Å². The first-order valence-electron chi connectivity index (χ1n) is 9.14. The molecule has 1 saturated heterocycles. The van der Waals surface area contributed by atoms with Crippen molar-refractivity contribution in [1.82, 2.24) is 0 Å². The molecule has 0 radical (unpaired) electrons. The van der Waals surface area contributed by atoms with Gasteiger partial charge in [0.2, 0.25) is 6.29 Å². The molecule has 158 valence electrons. The van der Waals surface area contributed by atoms with E-state index in [9.17, 15) is 30.3 Å². The minimum absolute atomic E-state index is 0.106. The molecule has 1 aromatic carbocycles. The molecule has 0 bridgehead atoms. The van der Waals surface area contributed by atoms with Gasteiger partial charge in [0.1, 0.15) is 35.7 Å². The van der Waals surface area contributed by atoms with Crippen molar-refractivity contribution >= 4 is 11.0 Å². The zero-order valence-electron chi connectivity index (χ0n) is 15.8. The summed E-state index contributed by atoms with van der Waals surface area (Å²) in [5, 5.41) is 49.3. The molecule has 3 rings (SSSR count). The van der Waals surface area contributed by atoms with Crippen molar-refractivity contribution < 1.29 is 39.4 Å². The Bertz CT molecular complexity index is 933. The summed E-state index contributed by atoms with van der Waals surface area (Å²) >= 11 is 0. The summed E-state index contributed by atoms with van der Waals surface area (Å²) < 4.78 is 16.3. The van der Waals surface area contributed by atoms with E-state index in [2.05, 4.69) is 0 Å². The lowest BCUT2D eigenvalue weighted by Gasteiger charge is -2.39. The van der Waals surface area contributed by atoms with Crippen LogP contribution >= 0.6 is 0 Å². The molecule has 9 heteroatoms. The van der Waals surface area contributed by atoms with Crippen molar-refractivity contribution in [2.24, 2.45) is 0 Å². The van der Waals surface area contributed by atoms with Gasteiger partial charge in [-0.1, -0.05) is 11.6 Å². The lowest BCUT2D eigenvalue weighted by Crippen LogP contribution is -2.60. The third kappa shape index (κ3) is 4.67. The van der Waals surface area contributed by atoms with Crippen LogP contribution in [0.4, 0.5) is 0 Å². The monoisotopic (exact) mass is 408 g/mol. The number of benzene rings is 1. The molecule has 2 aromatic rings. The van der Waals surface area contributed by atoms with E-state index < -0.39 is 42.9 Å². The van der Waals surface area contributed by atoms with Crippen LogP contribution in [0.5, 0.6) is 5.75 Å². The van der Waals surface area contributed by atoms with Gasteiger partial charge in [-0.3, -0.25) is 0 Å². The van der Waals surface area contributed by atoms with Crippen molar-refractivity contribution in [2.75, 3.05) is 13.2 Å². The lowest BCUT2D eigenvalue weighted by molar-refractivity contribution is -0.277. The fourth-order valence-electron chi connectivity index (χ4n) is 3.05. The van der Waals surface area contributed by atoms with Crippen LogP contribution in [0, 0.1) is 0 Å². The average molecular weight is 408 g/mol. The summed E-state index contributed by atoms with van der Waals surface area (Å²) in [5.41, 5.74) is 1.10. The van der Waals surface area contributed by atoms with E-state index >= 15 is 0 Å². The molecule has 1 aliphatic heterocycles. The van der Waals surface area contributed by atoms with Gasteiger partial charge in [0.05, 0.1) is 13.2 Å². The Hall–Kier alpha value is -2.27. The third-order valence-electron chi connectivity index (χ3n) is 4.81. The van der Waals surface area contributed by atoms with Crippen LogP contribution in [0.3, 0.4) is 0 Å². The highest BCUT2D eigenvalue weighted by atomic mass is 16.7. The van der Waals surface area contributed by atoms with Gasteiger partial charge in [-0.2, -0.15) is 0 Å². The molecule has 0 spiro atoms. The largest absolute Gasteiger partial charge is 0.462 e. The molecule has 1 fully saturated rings. The Labute approximate surface area is 166 Å². The molecule has 5 N–H and O–H groups in total. The second kappa shape index (κ2) is 9.04. The second-order valence-corrected chi connectivity index (χ2v) is 6.98. The summed E-state index contributed by atoms with van der Waals surface area (Å²) in [4.78, 5) is 11.5.